The van der Waals surface area contributed by atoms with Crippen LogP contribution in [0, 0.1) is 0 Å². The first-order chi connectivity index (χ1) is 28.5. The van der Waals surface area contributed by atoms with E-state index >= 15 is 0 Å². The van der Waals surface area contributed by atoms with Gasteiger partial charge in [-0.2, -0.15) is 0 Å². The normalized spacial score (nSPS) is 12.8. The molecule has 1 atom stereocenters. The molecule has 0 fully saturated rings. The number of carbonyl (C=O) groups excluding carboxylic acids is 3. The fourth-order valence-corrected chi connectivity index (χ4v) is 6.19. The summed E-state index contributed by atoms with van der Waals surface area (Å²) in [5, 5.41) is 0. The van der Waals surface area contributed by atoms with Crippen molar-refractivity contribution in [1.82, 2.24) is 0 Å². The third-order valence-corrected chi connectivity index (χ3v) is 9.71. The number of esters is 3. The number of hydrogen-bond donors (Lipinski definition) is 0. The molecule has 0 spiro atoms. The first-order valence-electron chi connectivity index (χ1n) is 23.6. The number of ether oxygens (including phenoxy) is 3. The van der Waals surface area contributed by atoms with Crippen LogP contribution in [0.2, 0.25) is 0 Å². The standard InChI is InChI=1S/C52H86O6/c1-4-7-10-13-16-19-22-25-26-28-30-33-36-39-42-45-51(54)57-48-49(47-56-50(53)44-41-38-35-32-29-24-21-18-15-12-9-6-3)58-52(55)46-43-40-37-34-31-27-23-20-17-14-11-8-5-2/h8-9,11-12,14,17-23,27,31,49H,4-7,10,13,15-16,24-26,28-30,32-48H2,1-3H3/b11-8-,12-9-,17-14-,21-18-,22-19-,23-20-,31-27-. The summed E-state index contributed by atoms with van der Waals surface area (Å²) in [5.74, 6) is -0.966. The molecule has 0 aliphatic carbocycles. The van der Waals surface area contributed by atoms with E-state index in [4.69, 9.17) is 14.2 Å². The van der Waals surface area contributed by atoms with Crippen LogP contribution in [-0.4, -0.2) is 37.2 Å². The van der Waals surface area contributed by atoms with E-state index in [1.807, 2.05) is 36.5 Å². The number of rotatable bonds is 41. The van der Waals surface area contributed by atoms with Crippen molar-refractivity contribution in [3.8, 4) is 0 Å². The van der Waals surface area contributed by atoms with Gasteiger partial charge in [-0.15, -0.1) is 0 Å². The van der Waals surface area contributed by atoms with Crippen molar-refractivity contribution >= 4 is 17.9 Å². The lowest BCUT2D eigenvalue weighted by molar-refractivity contribution is -0.167. The van der Waals surface area contributed by atoms with Crippen molar-refractivity contribution in [3.63, 3.8) is 0 Å². The first kappa shape index (κ1) is 54.6. The van der Waals surface area contributed by atoms with E-state index < -0.39 is 6.10 Å². The van der Waals surface area contributed by atoms with Crippen LogP contribution < -0.4 is 0 Å². The Morgan fingerprint density at radius 1 is 0.379 bits per heavy atom. The molecule has 0 saturated heterocycles. The van der Waals surface area contributed by atoms with Crippen molar-refractivity contribution in [1.29, 1.82) is 0 Å². The summed E-state index contributed by atoms with van der Waals surface area (Å²) in [7, 11) is 0. The third-order valence-electron chi connectivity index (χ3n) is 9.71. The average molecular weight is 807 g/mol. The maximum atomic E-state index is 12.7. The second kappa shape index (κ2) is 46.3. The molecule has 6 nitrogen and oxygen atoms in total. The topological polar surface area (TPSA) is 78.9 Å². The van der Waals surface area contributed by atoms with Crippen LogP contribution in [0.25, 0.3) is 0 Å². The van der Waals surface area contributed by atoms with E-state index in [9.17, 15) is 14.4 Å². The van der Waals surface area contributed by atoms with Gasteiger partial charge in [0.25, 0.3) is 0 Å². The summed E-state index contributed by atoms with van der Waals surface area (Å²) in [4.78, 5) is 37.8. The van der Waals surface area contributed by atoms with Gasteiger partial charge in [0.2, 0.25) is 0 Å². The minimum Gasteiger partial charge on any atom is -0.462 e. The summed E-state index contributed by atoms with van der Waals surface area (Å²) in [5.41, 5.74) is 0. The van der Waals surface area contributed by atoms with Gasteiger partial charge < -0.3 is 14.2 Å². The molecular formula is C52H86O6. The maximum absolute atomic E-state index is 12.7. The van der Waals surface area contributed by atoms with Crippen LogP contribution in [0.15, 0.2) is 85.1 Å². The predicted octanol–water partition coefficient (Wildman–Crippen LogP) is 15.3. The smallest absolute Gasteiger partial charge is 0.306 e. The highest BCUT2D eigenvalue weighted by Gasteiger charge is 2.19. The molecule has 6 heteroatoms. The van der Waals surface area contributed by atoms with E-state index in [-0.39, 0.29) is 37.5 Å². The molecule has 0 N–H and O–H groups in total. The molecule has 0 heterocycles. The summed E-state index contributed by atoms with van der Waals surface area (Å²) in [6, 6.07) is 0. The first-order valence-corrected chi connectivity index (χ1v) is 23.6. The summed E-state index contributed by atoms with van der Waals surface area (Å²) in [6.07, 6.45) is 58.5. The van der Waals surface area contributed by atoms with Gasteiger partial charge in [-0.1, -0.05) is 183 Å². The number of allylic oxidation sites excluding steroid dienone is 14. The molecule has 0 amide bonds. The molecule has 0 aliphatic heterocycles. The molecule has 0 aromatic carbocycles. The van der Waals surface area contributed by atoms with Crippen LogP contribution in [0.5, 0.6) is 0 Å². The van der Waals surface area contributed by atoms with Crippen molar-refractivity contribution in [2.45, 2.75) is 213 Å². The Morgan fingerprint density at radius 2 is 0.759 bits per heavy atom. The zero-order valence-corrected chi connectivity index (χ0v) is 37.5. The molecule has 0 rings (SSSR count). The van der Waals surface area contributed by atoms with Gasteiger partial charge in [-0.3, -0.25) is 14.4 Å². The highest BCUT2D eigenvalue weighted by molar-refractivity contribution is 5.71. The lowest BCUT2D eigenvalue weighted by Gasteiger charge is -2.18. The molecule has 58 heavy (non-hydrogen) atoms. The SMILES string of the molecule is CC\C=C/C=C\C=C/C=C\CCCCCC(=O)OC(COC(=O)CCCCCCC/C=C\C/C=C\CC)COC(=O)CCCCCCCCC/C=C\CCCCCC. The van der Waals surface area contributed by atoms with E-state index in [1.54, 1.807) is 0 Å². The molecule has 330 valence electrons. The summed E-state index contributed by atoms with van der Waals surface area (Å²) < 4.78 is 16.7. The zero-order valence-electron chi connectivity index (χ0n) is 37.5. The molecule has 1 unspecified atom stereocenters. The summed E-state index contributed by atoms with van der Waals surface area (Å²) in [6.45, 7) is 6.31. The van der Waals surface area contributed by atoms with E-state index in [2.05, 4.69) is 69.4 Å². The lowest BCUT2D eigenvalue weighted by Crippen LogP contribution is -2.30. The molecule has 0 aromatic rings. The Balaban J connectivity index is 4.47. The van der Waals surface area contributed by atoms with Gasteiger partial charge in [0, 0.05) is 19.3 Å². The van der Waals surface area contributed by atoms with E-state index in [0.717, 1.165) is 96.3 Å². The molecule has 0 saturated carbocycles. The van der Waals surface area contributed by atoms with Crippen molar-refractivity contribution in [3.05, 3.63) is 85.1 Å². The fourth-order valence-electron chi connectivity index (χ4n) is 6.19. The van der Waals surface area contributed by atoms with Crippen molar-refractivity contribution in [2.75, 3.05) is 13.2 Å². The second-order valence-corrected chi connectivity index (χ2v) is 15.3. The van der Waals surface area contributed by atoms with Crippen LogP contribution in [0.4, 0.5) is 0 Å². The second-order valence-electron chi connectivity index (χ2n) is 15.3. The Bertz CT molecular complexity index is 1160. The fraction of sp³-hybridized carbons (Fsp3) is 0.673. The van der Waals surface area contributed by atoms with Gasteiger partial charge >= 0.3 is 17.9 Å². The van der Waals surface area contributed by atoms with E-state index in [1.165, 1.54) is 64.2 Å². The predicted molar refractivity (Wildman–Crippen MR) is 247 cm³/mol. The minimum absolute atomic E-state index is 0.100. The lowest BCUT2D eigenvalue weighted by atomic mass is 10.1. The van der Waals surface area contributed by atoms with Crippen LogP contribution in [0.1, 0.15) is 207 Å². The summed E-state index contributed by atoms with van der Waals surface area (Å²) >= 11 is 0. The van der Waals surface area contributed by atoms with Gasteiger partial charge in [0.05, 0.1) is 0 Å². The molecule has 0 radical (unpaired) electrons. The van der Waals surface area contributed by atoms with E-state index in [0.29, 0.717) is 19.3 Å². The highest BCUT2D eigenvalue weighted by atomic mass is 16.6. The Hall–Kier alpha value is -3.41. The number of unbranched alkanes of at least 4 members (excludes halogenated alkanes) is 19. The zero-order chi connectivity index (χ0) is 42.3. The van der Waals surface area contributed by atoms with Crippen LogP contribution in [0.3, 0.4) is 0 Å². The third kappa shape index (κ3) is 43.7. The Kier molecular flexibility index (Phi) is 43.6. The maximum Gasteiger partial charge on any atom is 0.306 e. The van der Waals surface area contributed by atoms with Gasteiger partial charge in [0.1, 0.15) is 13.2 Å². The molecular weight excluding hydrogens is 721 g/mol. The minimum atomic E-state index is -0.803. The van der Waals surface area contributed by atoms with Gasteiger partial charge in [-0.25, -0.2) is 0 Å². The molecule has 0 bridgehead atoms. The number of hydrogen-bond acceptors (Lipinski definition) is 6. The van der Waals surface area contributed by atoms with Gasteiger partial charge in [0.15, 0.2) is 6.10 Å². The monoisotopic (exact) mass is 807 g/mol. The largest absolute Gasteiger partial charge is 0.462 e. The molecule has 0 aliphatic rings. The van der Waals surface area contributed by atoms with Crippen LogP contribution in [-0.2, 0) is 28.6 Å². The van der Waals surface area contributed by atoms with Crippen molar-refractivity contribution in [2.24, 2.45) is 0 Å². The van der Waals surface area contributed by atoms with Crippen molar-refractivity contribution < 1.29 is 28.6 Å². The average Bonchev–Trinajstić information content (AvgIpc) is 3.22. The quantitative estimate of drug-likeness (QED) is 0.0201. The Morgan fingerprint density at radius 3 is 1.28 bits per heavy atom. The molecule has 0 aromatic heterocycles. The van der Waals surface area contributed by atoms with Crippen LogP contribution >= 0.6 is 0 Å². The Labute approximate surface area is 356 Å². The van der Waals surface area contributed by atoms with Gasteiger partial charge in [-0.05, 0) is 89.9 Å². The highest BCUT2D eigenvalue weighted by Crippen LogP contribution is 2.13. The number of carbonyl (C=O) groups is 3.